The van der Waals surface area contributed by atoms with Crippen molar-refractivity contribution in [3.05, 3.63) is 42.5 Å². The van der Waals surface area contributed by atoms with Gasteiger partial charge in [0.1, 0.15) is 23.7 Å². The van der Waals surface area contributed by atoms with Gasteiger partial charge in [0, 0.05) is 35.7 Å². The van der Waals surface area contributed by atoms with E-state index in [-0.39, 0.29) is 11.6 Å². The molecule has 2 atom stereocenters. The lowest BCUT2D eigenvalue weighted by Crippen LogP contribution is -2.38. The summed E-state index contributed by atoms with van der Waals surface area (Å²) in [6.07, 6.45) is 9.70. The third-order valence-electron chi connectivity index (χ3n) is 4.90. The number of hydrogen-bond donors (Lipinski definition) is 1. The van der Waals surface area contributed by atoms with Gasteiger partial charge in [-0.05, 0) is 24.1 Å². The molecule has 2 aliphatic heterocycles. The van der Waals surface area contributed by atoms with Gasteiger partial charge in [0.15, 0.2) is 5.17 Å². The Hall–Kier alpha value is -2.08. The van der Waals surface area contributed by atoms with Crippen molar-refractivity contribution in [1.82, 2.24) is 9.97 Å². The first-order valence-corrected chi connectivity index (χ1v) is 9.73. The van der Waals surface area contributed by atoms with Gasteiger partial charge in [-0.2, -0.15) is 0 Å². The van der Waals surface area contributed by atoms with Gasteiger partial charge in [-0.3, -0.25) is 4.99 Å². The summed E-state index contributed by atoms with van der Waals surface area (Å²) in [5.74, 6) is 1.82. The number of aromatic nitrogens is 2. The van der Waals surface area contributed by atoms with Crippen molar-refractivity contribution in [2.45, 2.75) is 44.2 Å². The number of thioether (sulfide) groups is 1. The summed E-state index contributed by atoms with van der Waals surface area (Å²) in [4.78, 5) is 13.1. The Bertz CT molecular complexity index is 795. The number of amidine groups is 1. The highest BCUT2D eigenvalue weighted by Crippen LogP contribution is 2.49. The minimum Gasteiger partial charge on any atom is -0.490 e. The first kappa shape index (κ1) is 16.4. The number of ether oxygens (including phenoxy) is 1. The molecule has 2 aromatic rings. The molecule has 4 rings (SSSR count). The Morgan fingerprint density at radius 1 is 1.28 bits per heavy atom. The third kappa shape index (κ3) is 3.11. The van der Waals surface area contributed by atoms with E-state index in [1.807, 2.05) is 12.4 Å². The zero-order valence-electron chi connectivity index (χ0n) is 14.3. The van der Waals surface area contributed by atoms with Gasteiger partial charge in [-0.1, -0.05) is 37.6 Å². The van der Waals surface area contributed by atoms with Crippen molar-refractivity contribution >= 4 is 16.9 Å². The molecule has 25 heavy (non-hydrogen) atoms. The summed E-state index contributed by atoms with van der Waals surface area (Å²) < 4.78 is 6.30. The van der Waals surface area contributed by atoms with Crippen LogP contribution in [-0.4, -0.2) is 27.0 Å². The van der Waals surface area contributed by atoms with Crippen molar-refractivity contribution in [1.29, 1.82) is 0 Å². The Kier molecular flexibility index (Phi) is 4.37. The third-order valence-corrected chi connectivity index (χ3v) is 5.91. The van der Waals surface area contributed by atoms with Crippen LogP contribution in [0.3, 0.4) is 0 Å². The number of fused-ring (bicyclic) bond motifs is 2. The molecule has 0 saturated heterocycles. The molecule has 2 aliphatic rings. The second-order valence-electron chi connectivity index (χ2n) is 6.69. The maximum atomic E-state index is 6.30. The molecule has 1 unspecified atom stereocenters. The standard InChI is InChI=1S/C19H22N4OS/c1-2-3-4-15-8-19(11-25-18(20)23-19)16-7-13(5-6-17(16)24-15)14-9-21-12-22-10-14/h5-7,9-10,12,15H,2-4,8,11H2,1H3,(H2,20,23)/t15-,19?/m0/s1. The molecule has 1 aromatic heterocycles. The van der Waals surface area contributed by atoms with Crippen LogP contribution in [0.1, 0.15) is 38.2 Å². The van der Waals surface area contributed by atoms with E-state index >= 15 is 0 Å². The van der Waals surface area contributed by atoms with E-state index < -0.39 is 0 Å². The second kappa shape index (κ2) is 6.67. The van der Waals surface area contributed by atoms with Gasteiger partial charge in [0.05, 0.1) is 0 Å². The van der Waals surface area contributed by atoms with Gasteiger partial charge in [0.25, 0.3) is 0 Å². The van der Waals surface area contributed by atoms with Crippen LogP contribution >= 0.6 is 11.8 Å². The van der Waals surface area contributed by atoms with Crippen molar-refractivity contribution in [3.63, 3.8) is 0 Å². The maximum absolute atomic E-state index is 6.30. The fourth-order valence-electron chi connectivity index (χ4n) is 3.64. The van der Waals surface area contributed by atoms with Crippen molar-refractivity contribution in [3.8, 4) is 16.9 Å². The van der Waals surface area contributed by atoms with Gasteiger partial charge < -0.3 is 10.5 Å². The molecular formula is C19H22N4OS. The number of benzene rings is 1. The number of aliphatic imine (C=N–C) groups is 1. The predicted octanol–water partition coefficient (Wildman–Crippen LogP) is 3.74. The fraction of sp³-hybridized carbons (Fsp3) is 0.421. The summed E-state index contributed by atoms with van der Waals surface area (Å²) in [6, 6.07) is 6.31. The van der Waals surface area contributed by atoms with Crippen LogP contribution < -0.4 is 10.5 Å². The number of rotatable bonds is 4. The highest BCUT2D eigenvalue weighted by Gasteiger charge is 2.44. The lowest BCUT2D eigenvalue weighted by atomic mass is 9.81. The topological polar surface area (TPSA) is 73.4 Å². The Labute approximate surface area is 152 Å². The smallest absolute Gasteiger partial charge is 0.154 e. The minimum absolute atomic E-state index is 0.202. The molecule has 0 bridgehead atoms. The zero-order chi connectivity index (χ0) is 17.3. The van der Waals surface area contributed by atoms with E-state index in [1.165, 1.54) is 12.8 Å². The lowest BCUT2D eigenvalue weighted by Gasteiger charge is -2.38. The number of hydrogen-bond acceptors (Lipinski definition) is 6. The van der Waals surface area contributed by atoms with Crippen LogP contribution in [0.2, 0.25) is 0 Å². The molecule has 1 aromatic carbocycles. The van der Waals surface area contributed by atoms with Crippen molar-refractivity contribution in [2.75, 3.05) is 5.75 Å². The Balaban J connectivity index is 1.76. The molecule has 5 nitrogen and oxygen atoms in total. The summed E-state index contributed by atoms with van der Waals surface area (Å²) in [5, 5.41) is 0.676. The number of nitrogens with zero attached hydrogens (tertiary/aromatic N) is 3. The molecule has 3 heterocycles. The van der Waals surface area contributed by atoms with Crippen LogP contribution in [0.4, 0.5) is 0 Å². The zero-order valence-corrected chi connectivity index (χ0v) is 15.1. The van der Waals surface area contributed by atoms with E-state index in [1.54, 1.807) is 18.1 Å². The van der Waals surface area contributed by atoms with Gasteiger partial charge in [-0.15, -0.1) is 0 Å². The molecule has 2 N–H and O–H groups in total. The molecule has 0 saturated carbocycles. The fourth-order valence-corrected chi connectivity index (χ4v) is 4.60. The van der Waals surface area contributed by atoms with Gasteiger partial charge >= 0.3 is 0 Å². The number of nitrogens with two attached hydrogens (primary N) is 1. The van der Waals surface area contributed by atoms with E-state index in [0.717, 1.165) is 41.0 Å². The van der Waals surface area contributed by atoms with Crippen LogP contribution in [0, 0.1) is 0 Å². The first-order valence-electron chi connectivity index (χ1n) is 8.75. The highest BCUT2D eigenvalue weighted by atomic mass is 32.2. The van der Waals surface area contributed by atoms with Gasteiger partial charge in [0.2, 0.25) is 0 Å². The highest BCUT2D eigenvalue weighted by molar-refractivity contribution is 8.14. The van der Waals surface area contributed by atoms with Crippen LogP contribution in [0.5, 0.6) is 5.75 Å². The van der Waals surface area contributed by atoms with Crippen molar-refractivity contribution < 1.29 is 4.74 Å². The average molecular weight is 354 g/mol. The van der Waals surface area contributed by atoms with Crippen LogP contribution in [-0.2, 0) is 5.54 Å². The largest absolute Gasteiger partial charge is 0.490 e. The second-order valence-corrected chi connectivity index (χ2v) is 7.69. The Morgan fingerprint density at radius 3 is 2.84 bits per heavy atom. The molecular weight excluding hydrogens is 332 g/mol. The molecule has 0 amide bonds. The van der Waals surface area contributed by atoms with E-state index in [2.05, 4.69) is 35.1 Å². The van der Waals surface area contributed by atoms with Gasteiger partial charge in [-0.25, -0.2) is 9.97 Å². The quantitative estimate of drug-likeness (QED) is 0.905. The van der Waals surface area contributed by atoms with E-state index in [9.17, 15) is 0 Å². The van der Waals surface area contributed by atoms with Crippen LogP contribution in [0.25, 0.3) is 11.1 Å². The molecule has 0 aliphatic carbocycles. The van der Waals surface area contributed by atoms with E-state index in [0.29, 0.717) is 5.17 Å². The molecule has 6 heteroatoms. The van der Waals surface area contributed by atoms with Crippen molar-refractivity contribution in [2.24, 2.45) is 10.7 Å². The average Bonchev–Trinajstić information content (AvgIpc) is 3.01. The molecule has 1 spiro atoms. The summed E-state index contributed by atoms with van der Waals surface area (Å²) in [5.41, 5.74) is 8.99. The predicted molar refractivity (Wildman–Crippen MR) is 102 cm³/mol. The SMILES string of the molecule is CCCC[C@H]1CC2(CSC(N)=N2)c2cc(-c3cncnc3)ccc2O1. The van der Waals surface area contributed by atoms with E-state index in [4.69, 9.17) is 15.5 Å². The lowest BCUT2D eigenvalue weighted by molar-refractivity contribution is 0.123. The summed E-state index contributed by atoms with van der Waals surface area (Å²) in [6.45, 7) is 2.21. The number of unbranched alkanes of at least 4 members (excludes halogenated alkanes) is 1. The Morgan fingerprint density at radius 2 is 2.12 bits per heavy atom. The maximum Gasteiger partial charge on any atom is 0.154 e. The molecule has 0 radical (unpaired) electrons. The molecule has 130 valence electrons. The minimum atomic E-state index is -0.271. The summed E-state index contributed by atoms with van der Waals surface area (Å²) in [7, 11) is 0. The molecule has 0 fully saturated rings. The van der Waals surface area contributed by atoms with Crippen LogP contribution in [0.15, 0.2) is 41.9 Å². The first-order chi connectivity index (χ1) is 12.2. The monoisotopic (exact) mass is 354 g/mol. The normalized spacial score (nSPS) is 24.7. The summed E-state index contributed by atoms with van der Waals surface area (Å²) >= 11 is 1.64.